The number of hydrogen-bond acceptors (Lipinski definition) is 5. The number of carbonyl (C=O) groups excluding carboxylic acids is 1. The summed E-state index contributed by atoms with van der Waals surface area (Å²) in [6.45, 7) is 5.87. The van der Waals surface area contributed by atoms with Crippen LogP contribution in [-0.4, -0.2) is 42.8 Å². The average Bonchev–Trinajstić information content (AvgIpc) is 3.30. The predicted octanol–water partition coefficient (Wildman–Crippen LogP) is 6.87. The van der Waals surface area contributed by atoms with Crippen molar-refractivity contribution in [3.05, 3.63) is 74.9 Å². The van der Waals surface area contributed by atoms with Gasteiger partial charge in [0.2, 0.25) is 0 Å². The lowest BCUT2D eigenvalue weighted by atomic mass is 10.1. The van der Waals surface area contributed by atoms with Gasteiger partial charge in [-0.25, -0.2) is 0 Å². The van der Waals surface area contributed by atoms with Gasteiger partial charge in [0.05, 0.1) is 34.1 Å². The molecule has 0 aliphatic carbocycles. The van der Waals surface area contributed by atoms with E-state index in [1.807, 2.05) is 72.6 Å². The molecule has 1 fully saturated rings. The average molecular weight is 596 g/mol. The number of hydrogen-bond donors (Lipinski definition) is 0. The van der Waals surface area contributed by atoms with Crippen LogP contribution >= 0.6 is 22.6 Å². The maximum Gasteiger partial charge on any atom is 0.256 e. The van der Waals surface area contributed by atoms with Crippen LogP contribution in [0, 0.1) is 17.4 Å². The van der Waals surface area contributed by atoms with Crippen molar-refractivity contribution in [2.75, 3.05) is 19.8 Å². The highest BCUT2D eigenvalue weighted by molar-refractivity contribution is 14.1. The van der Waals surface area contributed by atoms with E-state index in [-0.39, 0.29) is 11.9 Å². The van der Waals surface area contributed by atoms with Gasteiger partial charge >= 0.3 is 0 Å². The van der Waals surface area contributed by atoms with Gasteiger partial charge in [0, 0.05) is 25.2 Å². The normalized spacial score (nSPS) is 16.4. The van der Waals surface area contributed by atoms with Gasteiger partial charge in [-0.1, -0.05) is 17.7 Å². The molecule has 5 rings (SSSR count). The SMILES string of the molecule is Cc1ccc(Oc2ccc(OCCCOc3cc4c(cc3C)C(=O)N3CCC[C@H]3C=N4)cc2I)cc1. The number of aliphatic imine (C=N–C) groups is 1. The van der Waals surface area contributed by atoms with E-state index in [9.17, 15) is 4.79 Å². The summed E-state index contributed by atoms with van der Waals surface area (Å²) in [5, 5.41) is 0. The van der Waals surface area contributed by atoms with Gasteiger partial charge in [0.1, 0.15) is 23.0 Å². The van der Waals surface area contributed by atoms with E-state index in [0.29, 0.717) is 24.5 Å². The fourth-order valence-corrected chi connectivity index (χ4v) is 5.05. The third kappa shape index (κ3) is 5.51. The molecular weight excluding hydrogens is 567 g/mol. The summed E-state index contributed by atoms with van der Waals surface area (Å²) in [6, 6.07) is 17.7. The molecule has 36 heavy (non-hydrogen) atoms. The van der Waals surface area contributed by atoms with Crippen molar-refractivity contribution in [1.82, 2.24) is 4.90 Å². The summed E-state index contributed by atoms with van der Waals surface area (Å²) in [7, 11) is 0. The quantitative estimate of drug-likeness (QED) is 0.211. The lowest BCUT2D eigenvalue weighted by Gasteiger charge is -2.20. The smallest absolute Gasteiger partial charge is 0.256 e. The zero-order valence-electron chi connectivity index (χ0n) is 20.5. The highest BCUT2D eigenvalue weighted by Crippen LogP contribution is 2.34. The lowest BCUT2D eigenvalue weighted by molar-refractivity contribution is 0.0774. The van der Waals surface area contributed by atoms with E-state index in [0.717, 1.165) is 57.9 Å². The summed E-state index contributed by atoms with van der Waals surface area (Å²) in [4.78, 5) is 19.5. The highest BCUT2D eigenvalue weighted by atomic mass is 127. The lowest BCUT2D eigenvalue weighted by Crippen LogP contribution is -2.35. The molecular formula is C29H29IN2O4. The van der Waals surface area contributed by atoms with Crippen LogP contribution in [0.4, 0.5) is 5.69 Å². The van der Waals surface area contributed by atoms with Gasteiger partial charge in [-0.15, -0.1) is 0 Å². The highest BCUT2D eigenvalue weighted by Gasteiger charge is 2.32. The molecule has 1 amide bonds. The van der Waals surface area contributed by atoms with Crippen molar-refractivity contribution in [1.29, 1.82) is 0 Å². The van der Waals surface area contributed by atoms with E-state index in [2.05, 4.69) is 34.5 Å². The first-order valence-corrected chi connectivity index (χ1v) is 13.4. The predicted molar refractivity (Wildman–Crippen MR) is 149 cm³/mol. The molecule has 0 saturated carbocycles. The molecule has 2 heterocycles. The Labute approximate surface area is 225 Å². The van der Waals surface area contributed by atoms with Gasteiger partial charge < -0.3 is 19.1 Å². The fourth-order valence-electron chi connectivity index (χ4n) is 4.45. The summed E-state index contributed by atoms with van der Waals surface area (Å²) < 4.78 is 18.9. The second-order valence-electron chi connectivity index (χ2n) is 9.18. The zero-order valence-corrected chi connectivity index (χ0v) is 22.7. The van der Waals surface area contributed by atoms with Gasteiger partial charge in [0.15, 0.2) is 0 Å². The number of halogens is 1. The Morgan fingerprint density at radius 2 is 1.75 bits per heavy atom. The second kappa shape index (κ2) is 10.9. The number of aryl methyl sites for hydroxylation is 2. The molecule has 0 spiro atoms. The summed E-state index contributed by atoms with van der Waals surface area (Å²) >= 11 is 2.26. The summed E-state index contributed by atoms with van der Waals surface area (Å²) in [5.74, 6) is 3.24. The zero-order chi connectivity index (χ0) is 25.1. The third-order valence-corrected chi connectivity index (χ3v) is 7.28. The van der Waals surface area contributed by atoms with E-state index in [4.69, 9.17) is 14.2 Å². The van der Waals surface area contributed by atoms with Crippen molar-refractivity contribution in [2.45, 2.75) is 39.2 Å². The minimum atomic E-state index is 0.0676. The van der Waals surface area contributed by atoms with Crippen LogP contribution in [-0.2, 0) is 0 Å². The van der Waals surface area contributed by atoms with E-state index < -0.39 is 0 Å². The fraction of sp³-hybridized carbons (Fsp3) is 0.310. The monoisotopic (exact) mass is 596 g/mol. The Kier molecular flexibility index (Phi) is 7.46. The van der Waals surface area contributed by atoms with Crippen LogP contribution < -0.4 is 14.2 Å². The Bertz CT molecular complexity index is 1290. The van der Waals surface area contributed by atoms with Crippen molar-refractivity contribution < 1.29 is 19.0 Å². The Balaban J connectivity index is 1.13. The van der Waals surface area contributed by atoms with Gasteiger partial charge in [-0.2, -0.15) is 0 Å². The number of benzene rings is 3. The molecule has 0 radical (unpaired) electrons. The number of amides is 1. The van der Waals surface area contributed by atoms with Crippen molar-refractivity contribution in [2.24, 2.45) is 4.99 Å². The molecule has 0 unspecified atom stereocenters. The van der Waals surface area contributed by atoms with E-state index in [1.54, 1.807) is 0 Å². The molecule has 1 atom stereocenters. The Morgan fingerprint density at radius 1 is 0.972 bits per heavy atom. The molecule has 0 aromatic heterocycles. The van der Waals surface area contributed by atoms with Crippen LogP contribution in [0.3, 0.4) is 0 Å². The minimum absolute atomic E-state index is 0.0676. The van der Waals surface area contributed by atoms with Crippen LogP contribution in [0.5, 0.6) is 23.0 Å². The number of rotatable bonds is 8. The van der Waals surface area contributed by atoms with Gasteiger partial charge in [0.25, 0.3) is 5.91 Å². The summed E-state index contributed by atoms with van der Waals surface area (Å²) in [5.41, 5.74) is 3.49. The first kappa shape index (κ1) is 24.6. The first-order chi connectivity index (χ1) is 17.5. The van der Waals surface area contributed by atoms with Crippen molar-refractivity contribution in [3.63, 3.8) is 0 Å². The molecule has 3 aromatic carbocycles. The maximum atomic E-state index is 12.9. The second-order valence-corrected chi connectivity index (χ2v) is 10.3. The van der Waals surface area contributed by atoms with Crippen LogP contribution in [0.15, 0.2) is 59.6 Å². The molecule has 0 bridgehead atoms. The van der Waals surface area contributed by atoms with Crippen LogP contribution in [0.25, 0.3) is 0 Å². The summed E-state index contributed by atoms with van der Waals surface area (Å²) in [6.07, 6.45) is 4.65. The van der Waals surface area contributed by atoms with Gasteiger partial charge in [-0.05, 0) is 91.2 Å². The number of carbonyl (C=O) groups is 1. The molecule has 1 saturated heterocycles. The largest absolute Gasteiger partial charge is 0.493 e. The van der Waals surface area contributed by atoms with Crippen molar-refractivity contribution in [3.8, 4) is 23.0 Å². The first-order valence-electron chi connectivity index (χ1n) is 12.3. The van der Waals surface area contributed by atoms with Crippen molar-refractivity contribution >= 4 is 40.4 Å². The number of fused-ring (bicyclic) bond motifs is 2. The Morgan fingerprint density at radius 3 is 2.56 bits per heavy atom. The molecule has 6 nitrogen and oxygen atoms in total. The molecule has 7 heteroatoms. The minimum Gasteiger partial charge on any atom is -0.493 e. The number of ether oxygens (including phenoxy) is 3. The topological polar surface area (TPSA) is 60.4 Å². The Hall–Kier alpha value is -3.07. The molecule has 2 aliphatic rings. The maximum absolute atomic E-state index is 12.9. The van der Waals surface area contributed by atoms with Crippen LogP contribution in [0.2, 0.25) is 0 Å². The number of nitrogens with zero attached hydrogens (tertiary/aromatic N) is 2. The molecule has 0 N–H and O–H groups in total. The van der Waals surface area contributed by atoms with Crippen LogP contribution in [0.1, 0.15) is 40.7 Å². The third-order valence-electron chi connectivity index (χ3n) is 6.44. The van der Waals surface area contributed by atoms with E-state index >= 15 is 0 Å². The molecule has 2 aliphatic heterocycles. The molecule has 3 aromatic rings. The molecule has 186 valence electrons. The standard InChI is InChI=1S/C29H29IN2O4/c1-19-6-8-22(9-7-19)36-27-11-10-23(16-25(27)30)34-13-4-14-35-28-17-26-24(15-20(28)2)29(33)32-12-3-5-21(32)18-31-26/h6-11,15-18,21H,3-5,12-14H2,1-2H3/t21-/m0/s1. The van der Waals surface area contributed by atoms with E-state index in [1.165, 1.54) is 5.56 Å². The van der Waals surface area contributed by atoms with Gasteiger partial charge in [-0.3, -0.25) is 9.79 Å².